The first-order valence-electron chi connectivity index (χ1n) is 13.3. The first-order valence-corrected chi connectivity index (χ1v) is 13.3. The number of hydrogen-bond acceptors (Lipinski definition) is 5. The van der Waals surface area contributed by atoms with Crippen LogP contribution >= 0.6 is 0 Å². The van der Waals surface area contributed by atoms with Gasteiger partial charge in [-0.1, -0.05) is 36.4 Å². The van der Waals surface area contributed by atoms with Crippen molar-refractivity contribution in [2.24, 2.45) is 0 Å². The molecule has 7 heteroatoms. The number of anilines is 1. The summed E-state index contributed by atoms with van der Waals surface area (Å²) in [5.74, 6) is -0.733. The second-order valence-corrected chi connectivity index (χ2v) is 9.97. The molecule has 2 aliphatic heterocycles. The van der Waals surface area contributed by atoms with E-state index in [1.807, 2.05) is 24.3 Å². The van der Waals surface area contributed by atoms with Crippen LogP contribution in [0.2, 0.25) is 0 Å². The molecule has 1 atom stereocenters. The van der Waals surface area contributed by atoms with E-state index in [1.165, 1.54) is 24.6 Å². The van der Waals surface area contributed by atoms with Crippen LogP contribution in [0.3, 0.4) is 0 Å². The van der Waals surface area contributed by atoms with Crippen LogP contribution < -0.4 is 4.90 Å². The minimum atomic E-state index is -0.478. The van der Waals surface area contributed by atoms with Gasteiger partial charge in [-0.25, -0.2) is 4.39 Å². The largest absolute Gasteiger partial charge is 0.372 e. The van der Waals surface area contributed by atoms with Gasteiger partial charge in [-0.15, -0.1) is 0 Å². The lowest BCUT2D eigenvalue weighted by Crippen LogP contribution is -2.49. The lowest BCUT2D eigenvalue weighted by molar-refractivity contribution is 0.00340. The Kier molecular flexibility index (Phi) is 8.32. The minimum absolute atomic E-state index is 0.128. The number of benzene rings is 3. The molecule has 2 fully saturated rings. The van der Waals surface area contributed by atoms with Crippen molar-refractivity contribution in [1.82, 2.24) is 9.80 Å². The molecular formula is C31H33FN4O2. The zero-order valence-electron chi connectivity index (χ0n) is 21.6. The van der Waals surface area contributed by atoms with Crippen molar-refractivity contribution in [2.45, 2.75) is 25.6 Å². The fraction of sp³-hybridized carbons (Fsp3) is 0.355. The lowest BCUT2D eigenvalue weighted by atomic mass is 10.1. The molecule has 1 amide bonds. The third-order valence-electron chi connectivity index (χ3n) is 7.44. The maximum absolute atomic E-state index is 14.1. The van der Waals surface area contributed by atoms with E-state index in [9.17, 15) is 9.18 Å². The Labute approximate surface area is 223 Å². The van der Waals surface area contributed by atoms with Crippen LogP contribution in [-0.4, -0.2) is 61.5 Å². The van der Waals surface area contributed by atoms with Crippen LogP contribution in [0.25, 0.3) is 0 Å². The van der Waals surface area contributed by atoms with Crippen molar-refractivity contribution in [3.8, 4) is 6.07 Å². The van der Waals surface area contributed by atoms with Gasteiger partial charge in [0.25, 0.3) is 5.91 Å². The van der Waals surface area contributed by atoms with Gasteiger partial charge in [-0.3, -0.25) is 9.69 Å². The van der Waals surface area contributed by atoms with E-state index in [0.29, 0.717) is 44.9 Å². The molecule has 6 nitrogen and oxygen atoms in total. The first-order chi connectivity index (χ1) is 18.6. The van der Waals surface area contributed by atoms with Crippen molar-refractivity contribution < 1.29 is 13.9 Å². The summed E-state index contributed by atoms with van der Waals surface area (Å²) in [5.41, 5.74) is 4.14. The Morgan fingerprint density at radius 1 is 0.921 bits per heavy atom. The van der Waals surface area contributed by atoms with E-state index in [4.69, 9.17) is 10.00 Å². The Hall–Kier alpha value is -3.73. The van der Waals surface area contributed by atoms with Crippen LogP contribution in [0.4, 0.5) is 10.1 Å². The maximum atomic E-state index is 14.1. The predicted octanol–water partition coefficient (Wildman–Crippen LogP) is 5.01. The van der Waals surface area contributed by atoms with Crippen molar-refractivity contribution in [2.75, 3.05) is 50.7 Å². The van der Waals surface area contributed by atoms with Crippen LogP contribution in [0.5, 0.6) is 0 Å². The molecule has 0 spiro atoms. The standard InChI is InChI=1S/C31H33FN4O2/c32-29-9-2-1-8-28(29)31(37)36-18-16-34(17-19-36)22-30(38-23-25-12-10-24(21-33)11-13-25)26-6-5-7-27(20-26)35-14-3-4-15-35/h1-2,5-13,20,30H,3-4,14-19,22-23H2/t30-/m1/s1. The summed E-state index contributed by atoms with van der Waals surface area (Å²) in [6, 6.07) is 24.5. The fourth-order valence-corrected chi connectivity index (χ4v) is 5.20. The molecule has 0 N–H and O–H groups in total. The molecule has 0 unspecified atom stereocenters. The van der Waals surface area contributed by atoms with Gasteiger partial charge in [0.05, 0.1) is 29.9 Å². The Morgan fingerprint density at radius 2 is 1.66 bits per heavy atom. The smallest absolute Gasteiger partial charge is 0.256 e. The monoisotopic (exact) mass is 512 g/mol. The molecule has 5 rings (SSSR count). The van der Waals surface area contributed by atoms with Gasteiger partial charge < -0.3 is 14.5 Å². The van der Waals surface area contributed by atoms with Gasteiger partial charge >= 0.3 is 0 Å². The Bertz CT molecular complexity index is 1280. The highest BCUT2D eigenvalue weighted by molar-refractivity contribution is 5.94. The highest BCUT2D eigenvalue weighted by Gasteiger charge is 2.26. The van der Waals surface area contributed by atoms with E-state index in [0.717, 1.165) is 24.2 Å². The van der Waals surface area contributed by atoms with E-state index in [-0.39, 0.29) is 17.6 Å². The van der Waals surface area contributed by atoms with Gasteiger partial charge in [0.15, 0.2) is 0 Å². The summed E-state index contributed by atoms with van der Waals surface area (Å²) < 4.78 is 20.6. The molecular weight excluding hydrogens is 479 g/mol. The quantitative estimate of drug-likeness (QED) is 0.425. The third kappa shape index (κ3) is 6.21. The normalized spacial score (nSPS) is 16.8. The molecule has 3 aromatic rings. The molecule has 2 saturated heterocycles. The molecule has 0 saturated carbocycles. The second-order valence-electron chi connectivity index (χ2n) is 9.97. The van der Waals surface area contributed by atoms with Crippen molar-refractivity contribution in [1.29, 1.82) is 5.26 Å². The maximum Gasteiger partial charge on any atom is 0.256 e. The average molecular weight is 513 g/mol. The Morgan fingerprint density at radius 3 is 2.37 bits per heavy atom. The molecule has 196 valence electrons. The van der Waals surface area contributed by atoms with Gasteiger partial charge in [0.1, 0.15) is 5.82 Å². The van der Waals surface area contributed by atoms with Gasteiger partial charge in [0, 0.05) is 51.5 Å². The molecule has 3 aromatic carbocycles. The molecule has 0 bridgehead atoms. The van der Waals surface area contributed by atoms with Crippen molar-refractivity contribution in [3.63, 3.8) is 0 Å². The van der Waals surface area contributed by atoms with Crippen LogP contribution in [0.15, 0.2) is 72.8 Å². The molecule has 2 heterocycles. The number of amides is 1. The molecule has 2 aliphatic rings. The van der Waals surface area contributed by atoms with Crippen molar-refractivity contribution in [3.05, 3.63) is 101 Å². The highest BCUT2D eigenvalue weighted by atomic mass is 19.1. The van der Waals surface area contributed by atoms with Crippen molar-refractivity contribution >= 4 is 11.6 Å². The fourth-order valence-electron chi connectivity index (χ4n) is 5.20. The van der Waals surface area contributed by atoms with Crippen LogP contribution in [0, 0.1) is 17.1 Å². The van der Waals surface area contributed by atoms with E-state index < -0.39 is 5.82 Å². The third-order valence-corrected chi connectivity index (χ3v) is 7.44. The number of hydrogen-bond donors (Lipinski definition) is 0. The van der Waals surface area contributed by atoms with E-state index >= 15 is 0 Å². The number of rotatable bonds is 8. The topological polar surface area (TPSA) is 59.8 Å². The number of piperazine rings is 1. The molecule has 0 radical (unpaired) electrons. The van der Waals surface area contributed by atoms with Crippen LogP contribution in [0.1, 0.15) is 46.0 Å². The SMILES string of the molecule is N#Cc1ccc(CO[C@H](CN2CCN(C(=O)c3ccccc3F)CC2)c2cccc(N3CCCC3)c2)cc1. The summed E-state index contributed by atoms with van der Waals surface area (Å²) in [6.07, 6.45) is 2.29. The van der Waals surface area contributed by atoms with Crippen LogP contribution in [-0.2, 0) is 11.3 Å². The number of halogens is 1. The highest BCUT2D eigenvalue weighted by Crippen LogP contribution is 2.28. The van der Waals surface area contributed by atoms with Gasteiger partial charge in [-0.2, -0.15) is 5.26 Å². The molecule has 0 aromatic heterocycles. The summed E-state index contributed by atoms with van der Waals surface area (Å²) in [5, 5.41) is 9.09. The summed E-state index contributed by atoms with van der Waals surface area (Å²) in [4.78, 5) is 19.3. The molecule has 0 aliphatic carbocycles. The summed E-state index contributed by atoms with van der Waals surface area (Å²) in [6.45, 7) is 5.78. The number of nitrogens with zero attached hydrogens (tertiary/aromatic N) is 4. The summed E-state index contributed by atoms with van der Waals surface area (Å²) in [7, 11) is 0. The first kappa shape index (κ1) is 25.9. The average Bonchev–Trinajstić information content (AvgIpc) is 3.51. The number of carbonyl (C=O) groups is 1. The molecule has 38 heavy (non-hydrogen) atoms. The van der Waals surface area contributed by atoms with E-state index in [1.54, 1.807) is 23.1 Å². The minimum Gasteiger partial charge on any atom is -0.372 e. The summed E-state index contributed by atoms with van der Waals surface area (Å²) >= 11 is 0. The predicted molar refractivity (Wildman–Crippen MR) is 145 cm³/mol. The number of ether oxygens (including phenoxy) is 1. The zero-order valence-corrected chi connectivity index (χ0v) is 21.6. The van der Waals surface area contributed by atoms with E-state index in [2.05, 4.69) is 40.1 Å². The van der Waals surface area contributed by atoms with Gasteiger partial charge in [0.2, 0.25) is 0 Å². The van der Waals surface area contributed by atoms with Gasteiger partial charge in [-0.05, 0) is 60.4 Å². The lowest BCUT2D eigenvalue weighted by Gasteiger charge is -2.36. The zero-order chi connectivity index (χ0) is 26.3. The number of carbonyl (C=O) groups excluding carboxylic acids is 1. The second kappa shape index (κ2) is 12.2. The Balaban J connectivity index is 1.27. The number of nitriles is 1.